The molecule has 0 saturated carbocycles. The highest BCUT2D eigenvalue weighted by Crippen LogP contribution is 2.19. The highest BCUT2D eigenvalue weighted by Gasteiger charge is 2.38. The molecule has 3 atom stereocenters. The second-order valence-electron chi connectivity index (χ2n) is 8.96. The smallest absolute Gasteiger partial charge is 0.410 e. The molecule has 0 spiro atoms. The molecule has 1 aromatic carbocycles. The lowest BCUT2D eigenvalue weighted by Gasteiger charge is -2.25. The molecule has 1 unspecified atom stereocenters. The lowest BCUT2D eigenvalue weighted by molar-refractivity contribution is -0.125. The Kier molecular flexibility index (Phi) is 7.89. The SMILES string of the molecule is COc1ccccc1C(=O)NC(C(=O)N[C@@H]1CN(C(=O)OC(C)(C)C)C[C@@H]1O)C(C)C. The maximum Gasteiger partial charge on any atom is 0.410 e. The summed E-state index contributed by atoms with van der Waals surface area (Å²) in [5.41, 5.74) is -0.338. The average Bonchev–Trinajstić information content (AvgIpc) is 3.04. The summed E-state index contributed by atoms with van der Waals surface area (Å²) in [6, 6.07) is 5.24. The molecular weight excluding hydrogens is 402 g/mol. The van der Waals surface area contributed by atoms with Crippen molar-refractivity contribution in [2.45, 2.75) is 58.4 Å². The van der Waals surface area contributed by atoms with Crippen LogP contribution < -0.4 is 15.4 Å². The molecule has 1 aliphatic heterocycles. The number of hydrogen-bond donors (Lipinski definition) is 3. The van der Waals surface area contributed by atoms with Crippen LogP contribution in [0.3, 0.4) is 0 Å². The van der Waals surface area contributed by atoms with E-state index >= 15 is 0 Å². The summed E-state index contributed by atoms with van der Waals surface area (Å²) in [5, 5.41) is 15.8. The maximum absolute atomic E-state index is 12.9. The van der Waals surface area contributed by atoms with Crippen molar-refractivity contribution in [3.05, 3.63) is 29.8 Å². The fourth-order valence-corrected chi connectivity index (χ4v) is 3.26. The van der Waals surface area contributed by atoms with E-state index in [4.69, 9.17) is 9.47 Å². The van der Waals surface area contributed by atoms with Crippen LogP contribution >= 0.6 is 0 Å². The van der Waals surface area contributed by atoms with Gasteiger partial charge in [-0.2, -0.15) is 0 Å². The van der Waals surface area contributed by atoms with E-state index < -0.39 is 41.7 Å². The summed E-state index contributed by atoms with van der Waals surface area (Å²) < 4.78 is 10.5. The van der Waals surface area contributed by atoms with Gasteiger partial charge in [-0.3, -0.25) is 9.59 Å². The van der Waals surface area contributed by atoms with Gasteiger partial charge in [0.25, 0.3) is 5.91 Å². The monoisotopic (exact) mass is 435 g/mol. The molecule has 2 rings (SSSR count). The van der Waals surface area contributed by atoms with Crippen molar-refractivity contribution >= 4 is 17.9 Å². The zero-order valence-corrected chi connectivity index (χ0v) is 19.0. The Morgan fingerprint density at radius 1 is 1.16 bits per heavy atom. The lowest BCUT2D eigenvalue weighted by Crippen LogP contribution is -2.54. The van der Waals surface area contributed by atoms with Gasteiger partial charge in [-0.25, -0.2) is 4.79 Å². The van der Waals surface area contributed by atoms with Crippen molar-refractivity contribution in [2.24, 2.45) is 5.92 Å². The summed E-state index contributed by atoms with van der Waals surface area (Å²) in [6.45, 7) is 9.07. The van der Waals surface area contributed by atoms with E-state index in [9.17, 15) is 19.5 Å². The van der Waals surface area contributed by atoms with Crippen molar-refractivity contribution in [3.63, 3.8) is 0 Å². The minimum absolute atomic E-state index is 0.0553. The van der Waals surface area contributed by atoms with Gasteiger partial charge in [-0.1, -0.05) is 26.0 Å². The molecule has 9 nitrogen and oxygen atoms in total. The summed E-state index contributed by atoms with van der Waals surface area (Å²) in [7, 11) is 1.47. The summed E-state index contributed by atoms with van der Waals surface area (Å²) in [4.78, 5) is 39.3. The number of benzene rings is 1. The Bertz CT molecular complexity index is 805. The number of hydrogen-bond acceptors (Lipinski definition) is 6. The molecule has 1 fully saturated rings. The average molecular weight is 436 g/mol. The molecule has 3 N–H and O–H groups in total. The van der Waals surface area contributed by atoms with Gasteiger partial charge in [0, 0.05) is 6.54 Å². The fraction of sp³-hybridized carbons (Fsp3) is 0.591. The van der Waals surface area contributed by atoms with Gasteiger partial charge in [0.2, 0.25) is 5.91 Å². The standard InChI is InChI=1S/C22H33N3O6/c1-13(2)18(24-19(27)14-9-7-8-10-17(14)30-6)20(28)23-15-11-25(12-16(15)26)21(29)31-22(3,4)5/h7-10,13,15-16,18,26H,11-12H2,1-6H3,(H,23,28)(H,24,27)/t15-,16+,18?/m1/s1. The number of rotatable bonds is 6. The largest absolute Gasteiger partial charge is 0.496 e. The van der Waals surface area contributed by atoms with E-state index in [1.807, 2.05) is 13.8 Å². The molecule has 1 heterocycles. The number of aliphatic hydroxyl groups is 1. The number of likely N-dealkylation sites (tertiary alicyclic amines) is 1. The van der Waals surface area contributed by atoms with E-state index in [1.54, 1.807) is 45.0 Å². The molecule has 9 heteroatoms. The Labute approximate surface area is 183 Å². The molecule has 0 aliphatic carbocycles. The molecule has 172 valence electrons. The third-order valence-corrected chi connectivity index (χ3v) is 4.86. The fourth-order valence-electron chi connectivity index (χ4n) is 3.26. The minimum Gasteiger partial charge on any atom is -0.496 e. The number of carbonyl (C=O) groups is 3. The van der Waals surface area contributed by atoms with Crippen molar-refractivity contribution in [2.75, 3.05) is 20.2 Å². The number of aliphatic hydroxyl groups excluding tert-OH is 1. The Balaban J connectivity index is 2.04. The number of methoxy groups -OCH3 is 1. The highest BCUT2D eigenvalue weighted by atomic mass is 16.6. The first-order chi connectivity index (χ1) is 14.4. The predicted molar refractivity (Wildman–Crippen MR) is 115 cm³/mol. The Hall–Kier alpha value is -2.81. The number of amides is 3. The van der Waals surface area contributed by atoms with Crippen LogP contribution in [-0.4, -0.2) is 71.9 Å². The number of β-amino-alcohol motifs (C(OH)–C–C–N with tert-alkyl or cyclic N) is 1. The topological polar surface area (TPSA) is 117 Å². The summed E-state index contributed by atoms with van der Waals surface area (Å²) in [6.07, 6.45) is -1.48. The third-order valence-electron chi connectivity index (χ3n) is 4.86. The number of para-hydroxylation sites is 1. The van der Waals surface area contributed by atoms with Gasteiger partial charge in [0.15, 0.2) is 0 Å². The van der Waals surface area contributed by atoms with Gasteiger partial charge in [0.1, 0.15) is 17.4 Å². The van der Waals surface area contributed by atoms with Crippen LogP contribution in [-0.2, 0) is 9.53 Å². The number of ether oxygens (including phenoxy) is 2. The summed E-state index contributed by atoms with van der Waals surface area (Å²) in [5.74, 6) is -0.678. The van der Waals surface area contributed by atoms with Crippen molar-refractivity contribution < 1.29 is 29.0 Å². The second-order valence-corrected chi connectivity index (χ2v) is 8.96. The van der Waals surface area contributed by atoms with Crippen molar-refractivity contribution in [3.8, 4) is 5.75 Å². The first-order valence-electron chi connectivity index (χ1n) is 10.3. The van der Waals surface area contributed by atoms with E-state index in [0.29, 0.717) is 11.3 Å². The number of nitrogens with one attached hydrogen (secondary N) is 2. The van der Waals surface area contributed by atoms with Crippen LogP contribution in [0.2, 0.25) is 0 Å². The Morgan fingerprint density at radius 3 is 2.39 bits per heavy atom. The van der Waals surface area contributed by atoms with Crippen LogP contribution in [0.15, 0.2) is 24.3 Å². The van der Waals surface area contributed by atoms with Gasteiger partial charge in [-0.05, 0) is 38.8 Å². The van der Waals surface area contributed by atoms with Crippen LogP contribution in [0.1, 0.15) is 45.0 Å². The van der Waals surface area contributed by atoms with Crippen LogP contribution in [0, 0.1) is 5.92 Å². The zero-order valence-electron chi connectivity index (χ0n) is 19.0. The normalized spacial score (nSPS) is 19.7. The first kappa shape index (κ1) is 24.5. The molecule has 1 aromatic rings. The van der Waals surface area contributed by atoms with Crippen molar-refractivity contribution in [1.29, 1.82) is 0 Å². The lowest BCUT2D eigenvalue weighted by atomic mass is 10.0. The van der Waals surface area contributed by atoms with Crippen LogP contribution in [0.4, 0.5) is 4.79 Å². The molecule has 31 heavy (non-hydrogen) atoms. The molecule has 1 saturated heterocycles. The molecule has 0 bridgehead atoms. The van der Waals surface area contributed by atoms with Gasteiger partial charge in [0.05, 0.1) is 31.4 Å². The molecule has 0 aromatic heterocycles. The predicted octanol–water partition coefficient (Wildman–Crippen LogP) is 1.55. The minimum atomic E-state index is -0.936. The van der Waals surface area contributed by atoms with E-state index in [2.05, 4.69) is 10.6 Å². The quantitative estimate of drug-likeness (QED) is 0.624. The molecular formula is C22H33N3O6. The third kappa shape index (κ3) is 6.58. The summed E-state index contributed by atoms with van der Waals surface area (Å²) >= 11 is 0. The van der Waals surface area contributed by atoms with E-state index in [-0.39, 0.29) is 19.0 Å². The highest BCUT2D eigenvalue weighted by molar-refractivity contribution is 5.99. The zero-order chi connectivity index (χ0) is 23.3. The van der Waals surface area contributed by atoms with Crippen molar-refractivity contribution in [1.82, 2.24) is 15.5 Å². The molecule has 1 aliphatic rings. The van der Waals surface area contributed by atoms with Crippen LogP contribution in [0.5, 0.6) is 5.75 Å². The first-order valence-corrected chi connectivity index (χ1v) is 10.3. The van der Waals surface area contributed by atoms with E-state index in [0.717, 1.165) is 0 Å². The molecule has 0 radical (unpaired) electrons. The second kappa shape index (κ2) is 10.00. The maximum atomic E-state index is 12.9. The van der Waals surface area contributed by atoms with Crippen LogP contribution in [0.25, 0.3) is 0 Å². The van der Waals surface area contributed by atoms with E-state index in [1.165, 1.54) is 12.0 Å². The van der Waals surface area contributed by atoms with Gasteiger partial charge in [-0.15, -0.1) is 0 Å². The number of nitrogens with zero attached hydrogens (tertiary/aromatic N) is 1. The number of carbonyl (C=O) groups excluding carboxylic acids is 3. The van der Waals surface area contributed by atoms with Gasteiger partial charge < -0.3 is 30.1 Å². The molecule has 3 amide bonds. The Morgan fingerprint density at radius 2 is 1.81 bits per heavy atom. The van der Waals surface area contributed by atoms with Gasteiger partial charge >= 0.3 is 6.09 Å².